The zero-order valence-corrected chi connectivity index (χ0v) is 29.7. The molecule has 12 bridgehead atoms. The number of hydrogen-bond donors (Lipinski definition) is 0. The van der Waals surface area contributed by atoms with Gasteiger partial charge in [0.1, 0.15) is 75.8 Å². The quantitative estimate of drug-likeness (QED) is 0.165. The first-order chi connectivity index (χ1) is 26.6. The summed E-state index contributed by atoms with van der Waals surface area (Å²) in [6, 6.07) is 30.6. The number of benzene rings is 4. The predicted molar refractivity (Wildman–Crippen MR) is 204 cm³/mol. The maximum absolute atomic E-state index is 5.35. The van der Waals surface area contributed by atoms with Crippen molar-refractivity contribution in [3.8, 4) is 0 Å². The third-order valence-corrected chi connectivity index (χ3v) is 10.7. The molecule has 54 heavy (non-hydrogen) atoms. The van der Waals surface area contributed by atoms with Gasteiger partial charge in [-0.1, -0.05) is 72.8 Å². The number of hydrogen-bond acceptors (Lipinski definition) is 2. The lowest BCUT2D eigenvalue weighted by molar-refractivity contribution is -0.912. The first kappa shape index (κ1) is 30.7. The molecule has 6 aromatic heterocycles. The molecule has 0 amide bonds. The topological polar surface area (TPSA) is 61.0 Å². The Morgan fingerprint density at radius 1 is 0.370 bits per heavy atom. The first-order valence-corrected chi connectivity index (χ1v) is 18.4. The van der Waals surface area contributed by atoms with Crippen molar-refractivity contribution in [3.05, 3.63) is 182 Å². The molecule has 10 aromatic rings. The van der Waals surface area contributed by atoms with E-state index < -0.39 is 0 Å². The summed E-state index contributed by atoms with van der Waals surface area (Å²) in [5.41, 5.74) is 8.99. The van der Waals surface area contributed by atoms with E-state index in [1.54, 1.807) is 0 Å². The second-order valence-electron chi connectivity index (χ2n) is 14.6. The van der Waals surface area contributed by atoms with E-state index in [0.29, 0.717) is 13.3 Å². The molecule has 0 saturated carbocycles. The van der Waals surface area contributed by atoms with Crippen LogP contribution in [-0.4, -0.2) is 28.2 Å². The molecule has 0 unspecified atom stereocenters. The monoisotopic (exact) mass is 706 g/mol. The zero-order chi connectivity index (χ0) is 35.6. The minimum absolute atomic E-state index is 0.711. The summed E-state index contributed by atoms with van der Waals surface area (Å²) < 4.78 is 17.8. The minimum Gasteiger partial charge on any atom is -0.247 e. The molecule has 10 heteroatoms. The van der Waals surface area contributed by atoms with Gasteiger partial charge < -0.3 is 0 Å². The van der Waals surface area contributed by atoms with E-state index in [1.807, 2.05) is 0 Å². The van der Waals surface area contributed by atoms with Gasteiger partial charge in [-0.2, -0.15) is 18.3 Å². The molecule has 0 N–H and O–H groups in total. The van der Waals surface area contributed by atoms with E-state index in [9.17, 15) is 0 Å². The van der Waals surface area contributed by atoms with E-state index in [4.69, 9.17) is 9.97 Å². The molecule has 7 heterocycles. The highest BCUT2D eigenvalue weighted by Gasteiger charge is 2.17. The summed E-state index contributed by atoms with van der Waals surface area (Å²) >= 11 is 0. The van der Waals surface area contributed by atoms with E-state index >= 15 is 0 Å². The Balaban J connectivity index is 1.00. The van der Waals surface area contributed by atoms with Crippen LogP contribution in [0.25, 0.3) is 43.6 Å². The first-order valence-electron chi connectivity index (χ1n) is 18.4. The predicted octanol–water partition coefficient (Wildman–Crippen LogP) is 4.96. The van der Waals surface area contributed by atoms with Crippen molar-refractivity contribution in [2.45, 2.75) is 39.5 Å². The van der Waals surface area contributed by atoms with Gasteiger partial charge in [0.15, 0.2) is 0 Å². The number of imidazole rings is 4. The van der Waals surface area contributed by atoms with Crippen LogP contribution in [0.1, 0.15) is 22.3 Å². The largest absolute Gasteiger partial charge is 0.247 e. The molecule has 1 aliphatic rings. The second-order valence-corrected chi connectivity index (χ2v) is 14.6. The van der Waals surface area contributed by atoms with Crippen LogP contribution in [0.15, 0.2) is 160 Å². The molecule has 0 fully saturated rings. The van der Waals surface area contributed by atoms with Crippen LogP contribution >= 0.6 is 0 Å². The standard InChI is InChI=1S/C44H38N10/c1-5-33-21-34-6-2-10-38-24-48-14-19-53(28-48)32-54-20-16-50(30-54)26-40-12-4-8-36-22-35-7-3-11-39(43(35)46-44(36)40)25-49-15-18-52(29-49)31-51-17-13-47(27-51)23-37(9-1)41(33)45-42(34)38/h1-22,27-30H,23-26,31-32H2/q+4. The second kappa shape index (κ2) is 12.3. The van der Waals surface area contributed by atoms with E-state index in [1.165, 1.54) is 22.3 Å². The molecule has 0 saturated heterocycles. The molecule has 0 spiro atoms. The van der Waals surface area contributed by atoms with Crippen molar-refractivity contribution >= 4 is 43.6 Å². The SMILES string of the molecule is c1cc2c3nc4c(cccc4cc3c1)Cn1cc[n+](c1)C[n+]1ccn(c1)Cc1cccc3cc4cccc(c4nc13)Cn1cc[n+](c1)C[n+]1ccn(c1)C2. The number of rotatable bonds is 0. The van der Waals surface area contributed by atoms with E-state index in [0.717, 1.165) is 69.8 Å². The molecular formula is C44H38N10+4. The molecule has 0 aliphatic carbocycles. The number of nitrogens with zero attached hydrogens (tertiary/aromatic N) is 10. The van der Waals surface area contributed by atoms with Crippen molar-refractivity contribution in [2.24, 2.45) is 0 Å². The van der Waals surface area contributed by atoms with Crippen molar-refractivity contribution in [3.63, 3.8) is 0 Å². The van der Waals surface area contributed by atoms with Gasteiger partial charge in [-0.3, -0.25) is 0 Å². The third kappa shape index (κ3) is 5.59. The van der Waals surface area contributed by atoms with Crippen LogP contribution < -0.4 is 18.3 Å². The molecule has 260 valence electrons. The molecule has 11 rings (SSSR count). The van der Waals surface area contributed by atoms with Crippen LogP contribution in [0.4, 0.5) is 0 Å². The van der Waals surface area contributed by atoms with Gasteiger partial charge in [-0.25, -0.2) is 28.2 Å². The molecular weight excluding hydrogens is 669 g/mol. The summed E-state index contributed by atoms with van der Waals surface area (Å²) in [6.45, 7) is 4.36. The van der Waals surface area contributed by atoms with E-state index in [-0.39, 0.29) is 0 Å². The van der Waals surface area contributed by atoms with Gasteiger partial charge in [-0.05, 0) is 12.1 Å². The maximum Gasteiger partial charge on any atom is 0.247 e. The number of aromatic nitrogens is 10. The molecule has 10 nitrogen and oxygen atoms in total. The van der Waals surface area contributed by atoms with E-state index in [2.05, 4.69) is 196 Å². The van der Waals surface area contributed by atoms with Crippen LogP contribution in [-0.2, 0) is 39.5 Å². The lowest BCUT2D eigenvalue weighted by atomic mass is 10.0. The summed E-state index contributed by atoms with van der Waals surface area (Å²) in [7, 11) is 0. The fourth-order valence-corrected chi connectivity index (χ4v) is 8.15. The minimum atomic E-state index is 0.711. The third-order valence-electron chi connectivity index (χ3n) is 10.7. The van der Waals surface area contributed by atoms with Crippen LogP contribution in [0, 0.1) is 0 Å². The number of pyridine rings is 2. The Morgan fingerprint density at radius 3 is 0.926 bits per heavy atom. The van der Waals surface area contributed by atoms with Crippen molar-refractivity contribution in [1.29, 1.82) is 0 Å². The van der Waals surface area contributed by atoms with Gasteiger partial charge in [0, 0.05) is 43.8 Å². The average Bonchev–Trinajstić information content (AvgIpc) is 4.01. The highest BCUT2D eigenvalue weighted by Crippen LogP contribution is 2.27. The molecule has 4 aromatic carbocycles. The fraction of sp³-hybridized carbons (Fsp3) is 0.136. The van der Waals surface area contributed by atoms with Gasteiger partial charge in [0.25, 0.3) is 0 Å². The number of para-hydroxylation sites is 4. The zero-order valence-electron chi connectivity index (χ0n) is 29.7. The smallest absolute Gasteiger partial charge is 0.247 e. The molecule has 0 radical (unpaired) electrons. The van der Waals surface area contributed by atoms with Crippen molar-refractivity contribution in [1.82, 2.24) is 28.2 Å². The van der Waals surface area contributed by atoms with Crippen LogP contribution in [0.2, 0.25) is 0 Å². The van der Waals surface area contributed by atoms with Gasteiger partial charge in [-0.15, -0.1) is 0 Å². The highest BCUT2D eigenvalue weighted by molar-refractivity contribution is 5.96. The summed E-state index contributed by atoms with van der Waals surface area (Å²) in [4.78, 5) is 10.7. The summed E-state index contributed by atoms with van der Waals surface area (Å²) in [5.74, 6) is 0. The summed E-state index contributed by atoms with van der Waals surface area (Å²) in [6.07, 6.45) is 25.9. The fourth-order valence-electron chi connectivity index (χ4n) is 8.15. The van der Waals surface area contributed by atoms with Gasteiger partial charge in [0.2, 0.25) is 38.6 Å². The normalized spacial score (nSPS) is 13.5. The van der Waals surface area contributed by atoms with Crippen molar-refractivity contribution in [2.75, 3.05) is 0 Å². The number of fused-ring (bicyclic) bond motifs is 8. The van der Waals surface area contributed by atoms with Crippen LogP contribution in [0.3, 0.4) is 0 Å². The Hall–Kier alpha value is -6.94. The highest BCUT2D eigenvalue weighted by atomic mass is 15.2. The molecule has 0 atom stereocenters. The lowest BCUT2D eigenvalue weighted by Crippen LogP contribution is -2.49. The lowest BCUT2D eigenvalue weighted by Gasteiger charge is -2.09. The summed E-state index contributed by atoms with van der Waals surface area (Å²) in [5, 5.41) is 4.63. The van der Waals surface area contributed by atoms with Gasteiger partial charge in [0.05, 0.1) is 22.1 Å². The van der Waals surface area contributed by atoms with Gasteiger partial charge >= 0.3 is 0 Å². The Labute approximate surface area is 310 Å². The Morgan fingerprint density at radius 2 is 0.648 bits per heavy atom. The van der Waals surface area contributed by atoms with Crippen molar-refractivity contribution < 1.29 is 18.3 Å². The Kier molecular flexibility index (Phi) is 7.01. The Bertz CT molecular complexity index is 2630. The maximum atomic E-state index is 5.35. The van der Waals surface area contributed by atoms with Crippen LogP contribution in [0.5, 0.6) is 0 Å². The average molecular weight is 707 g/mol. The molecule has 1 aliphatic heterocycles.